The first-order valence-corrected chi connectivity index (χ1v) is 6.06. The largest absolute Gasteiger partial charge is 0.350 e. The Morgan fingerprint density at radius 1 is 1.59 bits per heavy atom. The molecule has 4 heteroatoms. The van der Waals surface area contributed by atoms with Gasteiger partial charge in [-0.15, -0.1) is 0 Å². The average Bonchev–Trinajstić information content (AvgIpc) is 2.37. The summed E-state index contributed by atoms with van der Waals surface area (Å²) in [6.45, 7) is 4.57. The summed E-state index contributed by atoms with van der Waals surface area (Å²) in [5.74, 6) is 0.328. The molecule has 1 rings (SSSR count). The number of nitrogens with two attached hydrogens (primary N) is 1. The molecule has 0 fully saturated rings. The number of amides is 1. The third kappa shape index (κ3) is 4.53. The van der Waals surface area contributed by atoms with Crippen molar-refractivity contribution in [2.24, 2.45) is 11.7 Å². The van der Waals surface area contributed by atoms with Crippen molar-refractivity contribution in [1.29, 1.82) is 0 Å². The lowest BCUT2D eigenvalue weighted by molar-refractivity contribution is -0.122. The number of carbonyl (C=O) groups is 1. The van der Waals surface area contributed by atoms with E-state index in [9.17, 15) is 4.79 Å². The molecule has 0 saturated carbocycles. The molecule has 1 aromatic rings. The summed E-state index contributed by atoms with van der Waals surface area (Å²) in [5.41, 5.74) is 6.60. The van der Waals surface area contributed by atoms with Crippen LogP contribution in [-0.2, 0) is 4.79 Å². The molecule has 4 nitrogen and oxygen atoms in total. The molecule has 0 aromatic carbocycles. The molecule has 0 saturated heterocycles. The van der Waals surface area contributed by atoms with Gasteiger partial charge >= 0.3 is 0 Å². The Balaban J connectivity index is 2.46. The van der Waals surface area contributed by atoms with Gasteiger partial charge in [-0.2, -0.15) is 0 Å². The van der Waals surface area contributed by atoms with Crippen molar-refractivity contribution in [3.05, 3.63) is 30.1 Å². The van der Waals surface area contributed by atoms with Crippen LogP contribution in [0.1, 0.15) is 38.3 Å². The number of hydrogen-bond acceptors (Lipinski definition) is 3. The van der Waals surface area contributed by atoms with Crippen molar-refractivity contribution in [2.75, 3.05) is 6.54 Å². The van der Waals surface area contributed by atoms with E-state index in [0.29, 0.717) is 13.0 Å². The summed E-state index contributed by atoms with van der Waals surface area (Å²) < 4.78 is 0. The predicted octanol–water partition coefficient (Wildman–Crippen LogP) is 1.63. The maximum absolute atomic E-state index is 11.8. The van der Waals surface area contributed by atoms with Crippen molar-refractivity contribution in [3.63, 3.8) is 0 Å². The summed E-state index contributed by atoms with van der Waals surface area (Å²) in [4.78, 5) is 15.8. The second kappa shape index (κ2) is 7.01. The van der Waals surface area contributed by atoms with E-state index in [1.807, 2.05) is 19.1 Å². The highest BCUT2D eigenvalue weighted by Gasteiger charge is 2.13. The van der Waals surface area contributed by atoms with Crippen LogP contribution in [0.25, 0.3) is 0 Å². The van der Waals surface area contributed by atoms with Crippen LogP contribution in [0.3, 0.4) is 0 Å². The molecule has 1 amide bonds. The number of nitrogens with one attached hydrogen (secondary N) is 1. The van der Waals surface area contributed by atoms with Crippen LogP contribution in [0.2, 0.25) is 0 Å². The van der Waals surface area contributed by atoms with Crippen LogP contribution in [0.4, 0.5) is 0 Å². The molecule has 0 bridgehead atoms. The molecule has 17 heavy (non-hydrogen) atoms. The molecule has 1 heterocycles. The highest BCUT2D eigenvalue weighted by molar-refractivity contribution is 5.76. The predicted molar refractivity (Wildman–Crippen MR) is 68.2 cm³/mol. The summed E-state index contributed by atoms with van der Waals surface area (Å²) in [6, 6.07) is 3.82. The van der Waals surface area contributed by atoms with E-state index >= 15 is 0 Å². The van der Waals surface area contributed by atoms with E-state index in [-0.39, 0.29) is 17.9 Å². The standard InChI is InChI=1S/C13H21N3O/c1-3-11(8-14)7-13(17)16-10(2)12-5-4-6-15-9-12/h4-6,9-11H,3,7-8,14H2,1-2H3,(H,16,17)/t10-,11?/m1/s1. The van der Waals surface area contributed by atoms with Gasteiger partial charge in [0.05, 0.1) is 6.04 Å². The fourth-order valence-corrected chi connectivity index (χ4v) is 1.67. The average molecular weight is 235 g/mol. The van der Waals surface area contributed by atoms with Crippen molar-refractivity contribution in [2.45, 2.75) is 32.7 Å². The lowest BCUT2D eigenvalue weighted by Gasteiger charge is -2.16. The zero-order valence-corrected chi connectivity index (χ0v) is 10.5. The Hall–Kier alpha value is -1.42. The molecule has 0 aliphatic heterocycles. The van der Waals surface area contributed by atoms with Crippen molar-refractivity contribution in [1.82, 2.24) is 10.3 Å². The number of rotatable bonds is 6. The molecule has 2 atom stereocenters. The van der Waals surface area contributed by atoms with Crippen molar-refractivity contribution < 1.29 is 4.79 Å². The smallest absolute Gasteiger partial charge is 0.220 e. The van der Waals surface area contributed by atoms with Gasteiger partial charge < -0.3 is 11.1 Å². The van der Waals surface area contributed by atoms with Crippen LogP contribution in [0.15, 0.2) is 24.5 Å². The molecule has 1 unspecified atom stereocenters. The molecule has 94 valence electrons. The number of nitrogens with zero attached hydrogens (tertiary/aromatic N) is 1. The molecule has 0 radical (unpaired) electrons. The van der Waals surface area contributed by atoms with Gasteiger partial charge in [-0.25, -0.2) is 0 Å². The minimum absolute atomic E-state index is 0.00789. The van der Waals surface area contributed by atoms with Crippen LogP contribution >= 0.6 is 0 Å². The molecule has 0 spiro atoms. The summed E-state index contributed by atoms with van der Waals surface area (Å²) in [7, 11) is 0. The van der Waals surface area contributed by atoms with E-state index in [4.69, 9.17) is 5.73 Å². The first-order valence-electron chi connectivity index (χ1n) is 6.06. The quantitative estimate of drug-likeness (QED) is 0.787. The van der Waals surface area contributed by atoms with E-state index in [2.05, 4.69) is 17.2 Å². The highest BCUT2D eigenvalue weighted by atomic mass is 16.1. The van der Waals surface area contributed by atoms with Gasteiger partial charge in [-0.1, -0.05) is 19.4 Å². The normalized spacial score (nSPS) is 14.1. The van der Waals surface area contributed by atoms with Gasteiger partial charge in [0, 0.05) is 18.8 Å². The fraction of sp³-hybridized carbons (Fsp3) is 0.538. The molecular weight excluding hydrogens is 214 g/mol. The Morgan fingerprint density at radius 2 is 2.35 bits per heavy atom. The van der Waals surface area contributed by atoms with Gasteiger partial charge in [-0.3, -0.25) is 9.78 Å². The third-order valence-electron chi connectivity index (χ3n) is 2.95. The van der Waals surface area contributed by atoms with Gasteiger partial charge in [0.25, 0.3) is 0 Å². The molecule has 3 N–H and O–H groups in total. The van der Waals surface area contributed by atoms with Crippen molar-refractivity contribution in [3.8, 4) is 0 Å². The number of pyridine rings is 1. The molecule has 0 aliphatic carbocycles. The first kappa shape index (κ1) is 13.6. The van der Waals surface area contributed by atoms with Crippen LogP contribution in [-0.4, -0.2) is 17.4 Å². The zero-order valence-electron chi connectivity index (χ0n) is 10.5. The van der Waals surface area contributed by atoms with Gasteiger partial charge in [0.1, 0.15) is 0 Å². The molecule has 0 aliphatic rings. The Kier molecular flexibility index (Phi) is 5.63. The van der Waals surface area contributed by atoms with Crippen LogP contribution < -0.4 is 11.1 Å². The van der Waals surface area contributed by atoms with E-state index in [0.717, 1.165) is 12.0 Å². The van der Waals surface area contributed by atoms with Gasteiger partial charge in [0.2, 0.25) is 5.91 Å². The SMILES string of the molecule is CCC(CN)CC(=O)N[C@H](C)c1cccnc1. The maximum Gasteiger partial charge on any atom is 0.220 e. The zero-order chi connectivity index (χ0) is 12.7. The lowest BCUT2D eigenvalue weighted by Crippen LogP contribution is -2.30. The van der Waals surface area contributed by atoms with Gasteiger partial charge in [0.15, 0.2) is 0 Å². The molecule has 1 aromatic heterocycles. The van der Waals surface area contributed by atoms with Crippen LogP contribution in [0, 0.1) is 5.92 Å². The van der Waals surface area contributed by atoms with Crippen LogP contribution in [0.5, 0.6) is 0 Å². The first-order chi connectivity index (χ1) is 8.17. The Morgan fingerprint density at radius 3 is 2.88 bits per heavy atom. The Labute approximate surface area is 103 Å². The second-order valence-corrected chi connectivity index (χ2v) is 4.29. The van der Waals surface area contributed by atoms with Gasteiger partial charge in [-0.05, 0) is 31.0 Å². The van der Waals surface area contributed by atoms with E-state index < -0.39 is 0 Å². The molecular formula is C13H21N3O. The number of aromatic nitrogens is 1. The highest BCUT2D eigenvalue weighted by Crippen LogP contribution is 2.12. The minimum atomic E-state index is -0.00789. The lowest BCUT2D eigenvalue weighted by atomic mass is 10.0. The number of carbonyl (C=O) groups excluding carboxylic acids is 1. The van der Waals surface area contributed by atoms with E-state index in [1.165, 1.54) is 0 Å². The Bertz CT molecular complexity index is 336. The summed E-state index contributed by atoms with van der Waals surface area (Å²) in [5, 5.41) is 2.96. The minimum Gasteiger partial charge on any atom is -0.350 e. The monoisotopic (exact) mass is 235 g/mol. The fourth-order valence-electron chi connectivity index (χ4n) is 1.67. The topological polar surface area (TPSA) is 68.0 Å². The van der Waals surface area contributed by atoms with E-state index in [1.54, 1.807) is 12.4 Å². The summed E-state index contributed by atoms with van der Waals surface area (Å²) >= 11 is 0. The third-order valence-corrected chi connectivity index (χ3v) is 2.95. The number of hydrogen-bond donors (Lipinski definition) is 2. The summed E-state index contributed by atoms with van der Waals surface area (Å²) in [6.07, 6.45) is 4.92. The second-order valence-electron chi connectivity index (χ2n) is 4.29. The van der Waals surface area contributed by atoms with Crippen molar-refractivity contribution >= 4 is 5.91 Å². The maximum atomic E-state index is 11.8.